The van der Waals surface area contributed by atoms with Crippen LogP contribution in [0.15, 0.2) is 51.6 Å². The van der Waals surface area contributed by atoms with Crippen molar-refractivity contribution in [2.75, 3.05) is 6.54 Å². The van der Waals surface area contributed by atoms with Crippen LogP contribution in [0, 0.1) is 0 Å². The first-order valence-corrected chi connectivity index (χ1v) is 9.09. The third kappa shape index (κ3) is 4.04. The Morgan fingerprint density at radius 3 is 2.62 bits per heavy atom. The number of hydrogen-bond acceptors (Lipinski definition) is 4. The molecule has 1 aromatic carbocycles. The number of imide groups is 1. The number of rotatable bonds is 7. The summed E-state index contributed by atoms with van der Waals surface area (Å²) in [4.78, 5) is 38.2. The highest BCUT2D eigenvalue weighted by molar-refractivity contribution is 9.10. The van der Waals surface area contributed by atoms with Gasteiger partial charge < -0.3 is 9.73 Å². The summed E-state index contributed by atoms with van der Waals surface area (Å²) in [6.07, 6.45) is 2.67. The summed E-state index contributed by atoms with van der Waals surface area (Å²) in [6.45, 7) is 1.45. The number of ketones is 1. The number of nitrogens with one attached hydrogen (secondary N) is 1. The lowest BCUT2D eigenvalue weighted by molar-refractivity contribution is -0.134. The molecule has 1 aliphatic rings. The molecule has 3 amide bonds. The van der Waals surface area contributed by atoms with E-state index in [2.05, 4.69) is 21.2 Å². The Balaban J connectivity index is 1.60. The molecule has 0 bridgehead atoms. The van der Waals surface area contributed by atoms with Crippen molar-refractivity contribution in [3.8, 4) is 0 Å². The van der Waals surface area contributed by atoms with Crippen LogP contribution in [0.3, 0.4) is 0 Å². The average molecular weight is 419 g/mol. The zero-order valence-corrected chi connectivity index (χ0v) is 15.9. The second kappa shape index (κ2) is 7.45. The number of hydrogen-bond donors (Lipinski definition) is 1. The number of carbonyl (C=O) groups is 3. The van der Waals surface area contributed by atoms with E-state index in [4.69, 9.17) is 4.42 Å². The summed E-state index contributed by atoms with van der Waals surface area (Å²) in [5, 5.41) is 2.71. The fourth-order valence-electron chi connectivity index (χ4n) is 2.95. The van der Waals surface area contributed by atoms with E-state index in [1.54, 1.807) is 19.3 Å². The highest BCUT2D eigenvalue weighted by Crippen LogP contribution is 2.23. The number of aryl methyl sites for hydroxylation is 1. The maximum atomic E-state index is 12.7. The highest BCUT2D eigenvalue weighted by Gasteiger charge is 2.47. The van der Waals surface area contributed by atoms with Crippen LogP contribution < -0.4 is 5.32 Å². The molecule has 26 heavy (non-hydrogen) atoms. The number of furan rings is 1. The van der Waals surface area contributed by atoms with Crippen LogP contribution in [0.5, 0.6) is 0 Å². The molecule has 0 aliphatic carbocycles. The highest BCUT2D eigenvalue weighted by atomic mass is 79.9. The Morgan fingerprint density at radius 2 is 1.96 bits per heavy atom. The van der Waals surface area contributed by atoms with Gasteiger partial charge in [0, 0.05) is 17.3 Å². The summed E-state index contributed by atoms with van der Waals surface area (Å²) in [7, 11) is 0. The van der Waals surface area contributed by atoms with Crippen molar-refractivity contribution >= 4 is 33.7 Å². The van der Waals surface area contributed by atoms with Gasteiger partial charge in [0.2, 0.25) is 0 Å². The van der Waals surface area contributed by atoms with Crippen LogP contribution in [0.2, 0.25) is 0 Å². The summed E-state index contributed by atoms with van der Waals surface area (Å²) < 4.78 is 6.20. The van der Waals surface area contributed by atoms with Crippen LogP contribution in [-0.4, -0.2) is 34.7 Å². The van der Waals surface area contributed by atoms with Gasteiger partial charge in [-0.25, -0.2) is 4.79 Å². The molecular formula is C19H19BrN2O4. The van der Waals surface area contributed by atoms with E-state index >= 15 is 0 Å². The van der Waals surface area contributed by atoms with Crippen LogP contribution in [-0.2, 0) is 22.4 Å². The van der Waals surface area contributed by atoms with E-state index in [9.17, 15) is 14.4 Å². The number of halogens is 1. The third-order valence-electron chi connectivity index (χ3n) is 4.45. The Morgan fingerprint density at radius 1 is 1.23 bits per heavy atom. The van der Waals surface area contributed by atoms with Crippen molar-refractivity contribution < 1.29 is 18.8 Å². The first-order chi connectivity index (χ1) is 12.4. The summed E-state index contributed by atoms with van der Waals surface area (Å²) in [5.41, 5.74) is -0.187. The molecule has 3 rings (SSSR count). The van der Waals surface area contributed by atoms with E-state index in [0.29, 0.717) is 12.8 Å². The topological polar surface area (TPSA) is 79.6 Å². The number of benzene rings is 1. The summed E-state index contributed by atoms with van der Waals surface area (Å²) >= 11 is 3.34. The molecular weight excluding hydrogens is 400 g/mol. The fraction of sp³-hybridized carbons (Fsp3) is 0.316. The van der Waals surface area contributed by atoms with Gasteiger partial charge in [-0.15, -0.1) is 0 Å². The number of urea groups is 1. The second-order valence-electron chi connectivity index (χ2n) is 6.57. The van der Waals surface area contributed by atoms with Crippen LogP contribution >= 0.6 is 15.9 Å². The minimum absolute atomic E-state index is 0.174. The number of carbonyl (C=O) groups excluding carboxylic acids is 3. The van der Waals surface area contributed by atoms with E-state index < -0.39 is 11.6 Å². The SMILES string of the molecule is CC1(CCc2ccco2)NC(=O)N(CC(=O)Cc2ccc(Br)cc2)C1=O. The number of amides is 3. The smallest absolute Gasteiger partial charge is 0.325 e. The van der Waals surface area contributed by atoms with Gasteiger partial charge >= 0.3 is 6.03 Å². The molecule has 1 atom stereocenters. The van der Waals surface area contributed by atoms with Crippen molar-refractivity contribution in [2.45, 2.75) is 31.7 Å². The minimum atomic E-state index is -1.03. The van der Waals surface area contributed by atoms with Gasteiger partial charge in [0.1, 0.15) is 11.3 Å². The van der Waals surface area contributed by atoms with Crippen molar-refractivity contribution in [3.63, 3.8) is 0 Å². The largest absolute Gasteiger partial charge is 0.469 e. The van der Waals surface area contributed by atoms with Gasteiger partial charge in [-0.3, -0.25) is 14.5 Å². The standard InChI is InChI=1S/C19H19BrN2O4/c1-19(9-8-16-3-2-10-26-16)17(24)22(18(25)21-19)12-15(23)11-13-4-6-14(20)7-5-13/h2-7,10H,8-9,11-12H2,1H3,(H,21,25). The molecule has 1 aromatic heterocycles. The van der Waals surface area contributed by atoms with E-state index in [0.717, 1.165) is 20.7 Å². The predicted molar refractivity (Wildman–Crippen MR) is 98.5 cm³/mol. The second-order valence-corrected chi connectivity index (χ2v) is 7.49. The molecule has 0 spiro atoms. The van der Waals surface area contributed by atoms with Gasteiger partial charge in [-0.1, -0.05) is 28.1 Å². The quantitative estimate of drug-likeness (QED) is 0.700. The molecule has 1 unspecified atom stereocenters. The minimum Gasteiger partial charge on any atom is -0.469 e. The van der Waals surface area contributed by atoms with Gasteiger partial charge in [-0.05, 0) is 43.2 Å². The monoisotopic (exact) mass is 418 g/mol. The van der Waals surface area contributed by atoms with E-state index in [1.165, 1.54) is 0 Å². The van der Waals surface area contributed by atoms with Gasteiger partial charge in [0.15, 0.2) is 5.78 Å². The zero-order valence-electron chi connectivity index (χ0n) is 14.3. The zero-order chi connectivity index (χ0) is 18.7. The maximum absolute atomic E-state index is 12.7. The predicted octanol–water partition coefficient (Wildman–Crippen LogP) is 3.10. The van der Waals surface area contributed by atoms with Gasteiger partial charge in [-0.2, -0.15) is 0 Å². The first kappa shape index (κ1) is 18.4. The van der Waals surface area contributed by atoms with E-state index in [1.807, 2.05) is 30.3 Å². The lowest BCUT2D eigenvalue weighted by Gasteiger charge is -2.21. The molecule has 2 aromatic rings. The Bertz CT molecular complexity index is 817. The van der Waals surface area contributed by atoms with Crippen molar-refractivity contribution in [1.29, 1.82) is 0 Å². The summed E-state index contributed by atoms with van der Waals surface area (Å²) in [6, 6.07) is 10.4. The summed E-state index contributed by atoms with van der Waals surface area (Å²) in [5.74, 6) is 0.183. The van der Waals surface area contributed by atoms with E-state index in [-0.39, 0.29) is 24.7 Å². The van der Waals surface area contributed by atoms with Gasteiger partial charge in [0.05, 0.1) is 12.8 Å². The normalized spacial score (nSPS) is 19.7. The Hall–Kier alpha value is -2.41. The number of nitrogens with zero attached hydrogens (tertiary/aromatic N) is 1. The Kier molecular flexibility index (Phi) is 5.27. The third-order valence-corrected chi connectivity index (χ3v) is 4.97. The average Bonchev–Trinajstić information content (AvgIpc) is 3.19. The molecule has 1 fully saturated rings. The van der Waals surface area contributed by atoms with Crippen molar-refractivity contribution in [1.82, 2.24) is 10.2 Å². The Labute approximate surface area is 159 Å². The molecule has 1 saturated heterocycles. The molecule has 1 aliphatic heterocycles. The lowest BCUT2D eigenvalue weighted by atomic mass is 9.95. The molecule has 136 valence electrons. The fourth-order valence-corrected chi connectivity index (χ4v) is 3.21. The molecule has 6 nitrogen and oxygen atoms in total. The first-order valence-electron chi connectivity index (χ1n) is 8.30. The van der Waals surface area contributed by atoms with Gasteiger partial charge in [0.25, 0.3) is 5.91 Å². The molecule has 2 heterocycles. The van der Waals surface area contributed by atoms with Crippen LogP contribution in [0.4, 0.5) is 4.79 Å². The van der Waals surface area contributed by atoms with Crippen molar-refractivity contribution in [3.05, 3.63) is 58.5 Å². The maximum Gasteiger partial charge on any atom is 0.325 e. The molecule has 0 saturated carbocycles. The van der Waals surface area contributed by atoms with Crippen LogP contribution in [0.25, 0.3) is 0 Å². The lowest BCUT2D eigenvalue weighted by Crippen LogP contribution is -2.44. The van der Waals surface area contributed by atoms with Crippen molar-refractivity contribution in [2.24, 2.45) is 0 Å². The van der Waals surface area contributed by atoms with Crippen LogP contribution in [0.1, 0.15) is 24.7 Å². The number of Topliss-reactive ketones (excluding diaryl/α,β-unsaturated/α-hetero) is 1. The molecule has 0 radical (unpaired) electrons. The molecule has 1 N–H and O–H groups in total. The molecule has 7 heteroatoms.